The van der Waals surface area contributed by atoms with Crippen molar-refractivity contribution in [1.29, 1.82) is 0 Å². The Labute approximate surface area is 157 Å². The van der Waals surface area contributed by atoms with Gasteiger partial charge in [0.1, 0.15) is 5.82 Å². The molecule has 1 amide bonds. The Morgan fingerprint density at radius 1 is 1.07 bits per heavy atom. The van der Waals surface area contributed by atoms with Gasteiger partial charge in [-0.2, -0.15) is 4.31 Å². The number of piperazine rings is 1. The first-order chi connectivity index (χ1) is 13.0. The SMILES string of the molecule is Nc1nccnc1C(=O)NCCS(=O)(=O)N1CCN(c2ccccn2)CC1. The number of nitrogens with zero attached hydrogens (tertiary/aromatic N) is 5. The molecule has 0 atom stereocenters. The number of nitrogens with two attached hydrogens (primary N) is 1. The number of carbonyl (C=O) groups excluding carboxylic acids is 1. The number of hydrogen-bond acceptors (Lipinski definition) is 8. The van der Waals surface area contributed by atoms with E-state index in [9.17, 15) is 13.2 Å². The normalized spacial score (nSPS) is 15.5. The van der Waals surface area contributed by atoms with Crippen molar-refractivity contribution in [2.75, 3.05) is 49.1 Å². The monoisotopic (exact) mass is 391 g/mol. The summed E-state index contributed by atoms with van der Waals surface area (Å²) in [4.78, 5) is 26.0. The fourth-order valence-corrected chi connectivity index (χ4v) is 4.10. The third-order valence-corrected chi connectivity index (χ3v) is 6.06. The summed E-state index contributed by atoms with van der Waals surface area (Å²) in [5.41, 5.74) is 5.57. The molecule has 1 aliphatic heterocycles. The molecule has 0 aliphatic carbocycles. The maximum Gasteiger partial charge on any atom is 0.273 e. The lowest BCUT2D eigenvalue weighted by Gasteiger charge is -2.34. The smallest absolute Gasteiger partial charge is 0.273 e. The molecule has 0 bridgehead atoms. The zero-order valence-electron chi connectivity index (χ0n) is 14.7. The molecule has 0 aromatic carbocycles. The van der Waals surface area contributed by atoms with Gasteiger partial charge in [0.15, 0.2) is 11.5 Å². The molecule has 1 saturated heterocycles. The van der Waals surface area contributed by atoms with Crippen molar-refractivity contribution >= 4 is 27.6 Å². The van der Waals surface area contributed by atoms with Crippen LogP contribution in [0.5, 0.6) is 0 Å². The van der Waals surface area contributed by atoms with Crippen LogP contribution in [0.3, 0.4) is 0 Å². The van der Waals surface area contributed by atoms with Crippen LogP contribution in [0.15, 0.2) is 36.8 Å². The van der Waals surface area contributed by atoms with E-state index in [0.29, 0.717) is 26.2 Å². The highest BCUT2D eigenvalue weighted by Crippen LogP contribution is 2.14. The number of amides is 1. The Bertz CT molecular complexity index is 884. The quantitative estimate of drug-likeness (QED) is 0.662. The maximum atomic E-state index is 12.5. The fourth-order valence-electron chi connectivity index (χ4n) is 2.77. The van der Waals surface area contributed by atoms with Crippen molar-refractivity contribution in [3.63, 3.8) is 0 Å². The van der Waals surface area contributed by atoms with E-state index in [1.54, 1.807) is 6.20 Å². The summed E-state index contributed by atoms with van der Waals surface area (Å²) < 4.78 is 26.4. The second kappa shape index (κ2) is 8.27. The molecule has 0 saturated carbocycles. The Balaban J connectivity index is 1.49. The van der Waals surface area contributed by atoms with E-state index in [4.69, 9.17) is 5.73 Å². The first kappa shape index (κ1) is 19.0. The van der Waals surface area contributed by atoms with E-state index in [2.05, 4.69) is 20.3 Å². The number of nitrogen functional groups attached to an aromatic ring is 1. The van der Waals surface area contributed by atoms with Crippen molar-refractivity contribution in [1.82, 2.24) is 24.6 Å². The summed E-state index contributed by atoms with van der Waals surface area (Å²) in [5, 5.41) is 2.52. The molecule has 1 fully saturated rings. The molecule has 144 valence electrons. The molecule has 11 heteroatoms. The number of nitrogens with one attached hydrogen (secondary N) is 1. The summed E-state index contributed by atoms with van der Waals surface area (Å²) in [5.74, 6) is 0.102. The van der Waals surface area contributed by atoms with Crippen LogP contribution in [0.4, 0.5) is 11.6 Å². The van der Waals surface area contributed by atoms with Gasteiger partial charge in [-0.25, -0.2) is 23.4 Å². The Morgan fingerprint density at radius 2 is 1.81 bits per heavy atom. The Hall–Kier alpha value is -2.79. The summed E-state index contributed by atoms with van der Waals surface area (Å²) in [6.45, 7) is 1.86. The molecule has 2 aromatic rings. The highest BCUT2D eigenvalue weighted by atomic mass is 32.2. The minimum absolute atomic E-state index is 0.00324. The van der Waals surface area contributed by atoms with E-state index in [-0.39, 0.29) is 23.8 Å². The zero-order chi connectivity index (χ0) is 19.3. The van der Waals surface area contributed by atoms with Gasteiger partial charge in [-0.3, -0.25) is 4.79 Å². The number of pyridine rings is 1. The number of anilines is 2. The van der Waals surface area contributed by atoms with Gasteiger partial charge in [-0.15, -0.1) is 0 Å². The van der Waals surface area contributed by atoms with Gasteiger partial charge in [0.05, 0.1) is 5.75 Å². The van der Waals surface area contributed by atoms with Crippen LogP contribution >= 0.6 is 0 Å². The van der Waals surface area contributed by atoms with E-state index in [0.717, 1.165) is 5.82 Å². The summed E-state index contributed by atoms with van der Waals surface area (Å²) >= 11 is 0. The molecule has 0 unspecified atom stereocenters. The number of carbonyl (C=O) groups is 1. The predicted octanol–water partition coefficient (Wildman–Crippen LogP) is -0.664. The highest BCUT2D eigenvalue weighted by Gasteiger charge is 2.27. The molecule has 1 aliphatic rings. The largest absolute Gasteiger partial charge is 0.382 e. The molecule has 0 radical (unpaired) electrons. The van der Waals surface area contributed by atoms with Gasteiger partial charge in [0, 0.05) is 51.3 Å². The van der Waals surface area contributed by atoms with E-state index >= 15 is 0 Å². The van der Waals surface area contributed by atoms with Crippen molar-refractivity contribution < 1.29 is 13.2 Å². The lowest BCUT2D eigenvalue weighted by atomic mass is 10.3. The summed E-state index contributed by atoms with van der Waals surface area (Å²) in [7, 11) is -3.47. The van der Waals surface area contributed by atoms with Crippen LogP contribution in [0, 0.1) is 0 Å². The van der Waals surface area contributed by atoms with Gasteiger partial charge >= 0.3 is 0 Å². The second-order valence-electron chi connectivity index (χ2n) is 5.94. The Kier molecular flexibility index (Phi) is 5.81. The van der Waals surface area contributed by atoms with Crippen molar-refractivity contribution in [3.8, 4) is 0 Å². The molecular formula is C16H21N7O3S. The van der Waals surface area contributed by atoms with Crippen molar-refractivity contribution in [2.24, 2.45) is 0 Å². The molecule has 3 N–H and O–H groups in total. The number of rotatable bonds is 6. The second-order valence-corrected chi connectivity index (χ2v) is 8.02. The zero-order valence-corrected chi connectivity index (χ0v) is 15.5. The van der Waals surface area contributed by atoms with Crippen LogP contribution in [-0.4, -0.2) is 72.1 Å². The van der Waals surface area contributed by atoms with Crippen LogP contribution in [-0.2, 0) is 10.0 Å². The standard InChI is InChI=1S/C16H21N7O3S/c17-15-14(19-5-6-20-15)16(24)21-7-12-27(25,26)23-10-8-22(9-11-23)13-3-1-2-4-18-13/h1-6H,7-12H2,(H2,17,20)(H,21,24). The first-order valence-electron chi connectivity index (χ1n) is 8.46. The third-order valence-electron chi connectivity index (χ3n) is 4.19. The van der Waals surface area contributed by atoms with E-state index in [1.807, 2.05) is 23.1 Å². The molecule has 3 heterocycles. The number of hydrogen-bond donors (Lipinski definition) is 2. The minimum Gasteiger partial charge on any atom is -0.382 e. The van der Waals surface area contributed by atoms with Gasteiger partial charge in [-0.05, 0) is 12.1 Å². The summed E-state index contributed by atoms with van der Waals surface area (Å²) in [6, 6.07) is 5.64. The van der Waals surface area contributed by atoms with Gasteiger partial charge < -0.3 is 16.0 Å². The number of sulfonamides is 1. The molecule has 10 nitrogen and oxygen atoms in total. The fraction of sp³-hybridized carbons (Fsp3) is 0.375. The minimum atomic E-state index is -3.47. The van der Waals surface area contributed by atoms with Gasteiger partial charge in [-0.1, -0.05) is 6.07 Å². The van der Waals surface area contributed by atoms with Gasteiger partial charge in [0.25, 0.3) is 5.91 Å². The average Bonchev–Trinajstić information content (AvgIpc) is 2.69. The lowest BCUT2D eigenvalue weighted by Crippen LogP contribution is -2.50. The first-order valence-corrected chi connectivity index (χ1v) is 10.1. The van der Waals surface area contributed by atoms with Crippen LogP contribution < -0.4 is 16.0 Å². The van der Waals surface area contributed by atoms with Crippen LogP contribution in [0.1, 0.15) is 10.5 Å². The Morgan fingerprint density at radius 3 is 2.48 bits per heavy atom. The third kappa shape index (κ3) is 4.68. The highest BCUT2D eigenvalue weighted by molar-refractivity contribution is 7.89. The number of aromatic nitrogens is 3. The lowest BCUT2D eigenvalue weighted by molar-refractivity contribution is 0.0951. The van der Waals surface area contributed by atoms with E-state index < -0.39 is 15.9 Å². The average molecular weight is 391 g/mol. The van der Waals surface area contributed by atoms with Crippen molar-refractivity contribution in [3.05, 3.63) is 42.5 Å². The molecule has 0 spiro atoms. The van der Waals surface area contributed by atoms with Crippen LogP contribution in [0.25, 0.3) is 0 Å². The maximum absolute atomic E-state index is 12.5. The topological polar surface area (TPSA) is 134 Å². The van der Waals surface area contributed by atoms with Crippen LogP contribution in [0.2, 0.25) is 0 Å². The van der Waals surface area contributed by atoms with E-state index in [1.165, 1.54) is 16.7 Å². The molecular weight excluding hydrogens is 370 g/mol. The molecule has 27 heavy (non-hydrogen) atoms. The summed E-state index contributed by atoms with van der Waals surface area (Å²) in [6.07, 6.45) is 4.44. The van der Waals surface area contributed by atoms with Crippen molar-refractivity contribution in [2.45, 2.75) is 0 Å². The molecule has 3 rings (SSSR count). The molecule has 2 aromatic heterocycles. The predicted molar refractivity (Wildman–Crippen MR) is 101 cm³/mol. The van der Waals surface area contributed by atoms with Gasteiger partial charge in [0.2, 0.25) is 10.0 Å².